The Hall–Kier alpha value is -2.97. The summed E-state index contributed by atoms with van der Waals surface area (Å²) in [5, 5.41) is 17.8. The third kappa shape index (κ3) is 4.32. The van der Waals surface area contributed by atoms with Gasteiger partial charge in [0.25, 0.3) is 5.91 Å². The lowest BCUT2D eigenvalue weighted by Crippen LogP contribution is -2.73. The first-order chi connectivity index (χ1) is 15.8. The average Bonchev–Trinajstić information content (AvgIpc) is 3.41. The van der Waals surface area contributed by atoms with E-state index in [4.69, 9.17) is 10.6 Å². The highest BCUT2D eigenvalue weighted by Crippen LogP contribution is 2.43. The molecule has 1 unspecified atom stereocenters. The minimum atomic E-state index is -1.23. The summed E-state index contributed by atoms with van der Waals surface area (Å²) in [5.74, 6) is -1.75. The Morgan fingerprint density at radius 3 is 2.85 bits per heavy atom. The smallest absolute Gasteiger partial charge is 0.316 e. The van der Waals surface area contributed by atoms with Crippen molar-refractivity contribution in [2.45, 2.75) is 18.3 Å². The largest absolute Gasteiger partial charge is 0.481 e. The van der Waals surface area contributed by atoms with Crippen LogP contribution >= 0.6 is 34.4 Å². The maximum atomic E-state index is 12.8. The zero-order valence-corrected chi connectivity index (χ0v) is 20.0. The van der Waals surface area contributed by atoms with E-state index in [-0.39, 0.29) is 40.1 Å². The average molecular weight is 509 g/mol. The highest BCUT2D eigenvalue weighted by atomic mass is 32.2. The molecule has 0 bridgehead atoms. The molecule has 14 heteroatoms. The summed E-state index contributed by atoms with van der Waals surface area (Å²) in [6, 6.07) is -0.806. The van der Waals surface area contributed by atoms with E-state index < -0.39 is 23.3 Å². The van der Waals surface area contributed by atoms with Gasteiger partial charge in [0.1, 0.15) is 29.6 Å². The number of nitrogen functional groups attached to an aromatic ring is 1. The van der Waals surface area contributed by atoms with Crippen LogP contribution in [0.3, 0.4) is 0 Å². The molecule has 0 radical (unpaired) electrons. The normalized spacial score (nSPS) is 25.0. The molecule has 174 valence electrons. The lowest BCUT2D eigenvalue weighted by Gasteiger charge is -2.53. The SMILES string of the molecule is CON=C(C(=O)N[C@@H]1C(=O)N2CC(C=Cc3scnc3C)(C(=O)O)CS[C@H]12)c1csc(N)n1. The second kappa shape index (κ2) is 9.11. The number of fused-ring (bicyclic) bond motifs is 1. The summed E-state index contributed by atoms with van der Waals surface area (Å²) < 4.78 is 0. The Bertz CT molecular complexity index is 1160. The number of nitrogens with zero attached hydrogens (tertiary/aromatic N) is 4. The van der Waals surface area contributed by atoms with E-state index in [0.717, 1.165) is 21.9 Å². The van der Waals surface area contributed by atoms with Gasteiger partial charge in [-0.1, -0.05) is 11.2 Å². The first-order valence-corrected chi connectivity index (χ1v) is 12.4. The van der Waals surface area contributed by atoms with E-state index in [1.54, 1.807) is 23.0 Å². The maximum Gasteiger partial charge on any atom is 0.316 e. The number of carbonyl (C=O) groups is 3. The first-order valence-electron chi connectivity index (χ1n) is 9.64. The van der Waals surface area contributed by atoms with E-state index in [2.05, 4.69) is 20.4 Å². The summed E-state index contributed by atoms with van der Waals surface area (Å²) in [6.07, 6.45) is 3.38. The topological polar surface area (TPSA) is 160 Å². The number of hydrogen-bond donors (Lipinski definition) is 3. The molecular weight excluding hydrogens is 488 g/mol. The number of β-lactam (4-membered cyclic amide) rings is 1. The number of aromatic nitrogens is 2. The third-order valence-electron chi connectivity index (χ3n) is 5.32. The Labute approximate surface area is 200 Å². The Morgan fingerprint density at radius 2 is 2.24 bits per heavy atom. The number of nitrogens with two attached hydrogens (primary N) is 1. The van der Waals surface area contributed by atoms with Crippen LogP contribution in [0.1, 0.15) is 16.3 Å². The van der Waals surface area contributed by atoms with Gasteiger partial charge in [-0.3, -0.25) is 14.4 Å². The Kier molecular flexibility index (Phi) is 6.41. The van der Waals surface area contributed by atoms with Gasteiger partial charge < -0.3 is 25.9 Å². The number of carboxylic acid groups (broad SMARTS) is 1. The Balaban J connectivity index is 1.47. The van der Waals surface area contributed by atoms with Gasteiger partial charge in [-0.05, 0) is 13.0 Å². The van der Waals surface area contributed by atoms with E-state index in [1.807, 2.05) is 6.92 Å². The highest BCUT2D eigenvalue weighted by Gasteiger charge is 2.57. The van der Waals surface area contributed by atoms with Crippen molar-refractivity contribution in [3.8, 4) is 0 Å². The van der Waals surface area contributed by atoms with E-state index in [1.165, 1.54) is 35.1 Å². The number of aryl methyl sites for hydroxylation is 1. The number of hydrogen-bond acceptors (Lipinski definition) is 11. The fourth-order valence-electron chi connectivity index (χ4n) is 3.50. The zero-order chi connectivity index (χ0) is 23.8. The van der Waals surface area contributed by atoms with Crippen LogP contribution < -0.4 is 11.1 Å². The van der Waals surface area contributed by atoms with Gasteiger partial charge in [-0.25, -0.2) is 9.97 Å². The molecule has 3 atom stereocenters. The molecule has 2 aliphatic rings. The molecule has 0 aliphatic carbocycles. The van der Waals surface area contributed by atoms with Gasteiger partial charge in [-0.2, -0.15) is 0 Å². The summed E-state index contributed by atoms with van der Waals surface area (Å²) in [4.78, 5) is 53.1. The molecule has 2 saturated heterocycles. The van der Waals surface area contributed by atoms with Crippen molar-refractivity contribution in [2.75, 3.05) is 25.1 Å². The molecule has 2 fully saturated rings. The predicted octanol–water partition coefficient (Wildman–Crippen LogP) is 1.03. The van der Waals surface area contributed by atoms with E-state index >= 15 is 0 Å². The predicted molar refractivity (Wildman–Crippen MR) is 126 cm³/mol. The summed E-state index contributed by atoms with van der Waals surface area (Å²) in [5.41, 5.74) is 7.06. The van der Waals surface area contributed by atoms with Gasteiger partial charge in [-0.15, -0.1) is 34.4 Å². The molecule has 2 aromatic heterocycles. The number of amides is 2. The van der Waals surface area contributed by atoms with Gasteiger partial charge in [0.05, 0.1) is 11.2 Å². The molecule has 0 saturated carbocycles. The number of carboxylic acids is 1. The number of thiazole rings is 2. The van der Waals surface area contributed by atoms with E-state index in [9.17, 15) is 19.5 Å². The maximum absolute atomic E-state index is 12.8. The quantitative estimate of drug-likeness (QED) is 0.282. The number of nitrogens with one attached hydrogen (secondary N) is 1. The number of oxime groups is 1. The van der Waals surface area contributed by atoms with Gasteiger partial charge >= 0.3 is 5.97 Å². The molecule has 0 spiro atoms. The van der Waals surface area contributed by atoms with Crippen LogP contribution in [0.4, 0.5) is 5.13 Å². The van der Waals surface area contributed by atoms with Crippen molar-refractivity contribution in [1.29, 1.82) is 0 Å². The molecule has 33 heavy (non-hydrogen) atoms. The minimum absolute atomic E-state index is 0.0151. The number of anilines is 1. The number of thioether (sulfide) groups is 1. The van der Waals surface area contributed by atoms with Crippen LogP contribution in [0.2, 0.25) is 0 Å². The van der Waals surface area contributed by atoms with Gasteiger partial charge in [0.15, 0.2) is 10.8 Å². The Morgan fingerprint density at radius 1 is 1.45 bits per heavy atom. The lowest BCUT2D eigenvalue weighted by atomic mass is 9.86. The number of rotatable bonds is 7. The minimum Gasteiger partial charge on any atom is -0.481 e. The number of carbonyl (C=O) groups excluding carboxylic acids is 2. The first kappa shape index (κ1) is 23.2. The van der Waals surface area contributed by atoms with Crippen LogP contribution in [0.5, 0.6) is 0 Å². The van der Waals surface area contributed by atoms with Crippen LogP contribution in [-0.4, -0.2) is 74.3 Å². The third-order valence-corrected chi connectivity index (χ3v) is 8.44. The van der Waals surface area contributed by atoms with Crippen molar-refractivity contribution in [3.63, 3.8) is 0 Å². The van der Waals surface area contributed by atoms with Crippen molar-refractivity contribution < 1.29 is 24.3 Å². The monoisotopic (exact) mass is 508 g/mol. The van der Waals surface area contributed by atoms with Crippen LogP contribution in [0.25, 0.3) is 6.08 Å². The molecule has 4 heterocycles. The summed E-state index contributed by atoms with van der Waals surface area (Å²) in [6.45, 7) is 1.86. The van der Waals surface area contributed by atoms with Crippen LogP contribution in [0, 0.1) is 12.3 Å². The van der Waals surface area contributed by atoms with Crippen molar-refractivity contribution in [3.05, 3.63) is 33.2 Å². The molecule has 0 aromatic carbocycles. The standard InChI is InChI=1S/C19H20N6O5S3/c1-9-11(33-8-21-9)3-4-19(17(28)29)6-25-15(27)13(16(25)32-7-19)23-14(26)12(24-30-2)10-5-31-18(20)22-10/h3-5,8,13,16H,6-7H2,1-2H3,(H2,20,22)(H,23,26)(H,28,29)/t13-,16-,19?/m1/s1. The second-order valence-electron chi connectivity index (χ2n) is 7.41. The van der Waals surface area contributed by atoms with Crippen molar-refractivity contribution in [2.24, 2.45) is 10.6 Å². The lowest BCUT2D eigenvalue weighted by molar-refractivity contribution is -0.155. The number of aliphatic carboxylic acids is 1. The van der Waals surface area contributed by atoms with Crippen LogP contribution in [-0.2, 0) is 19.2 Å². The second-order valence-corrected chi connectivity index (χ2v) is 10.3. The summed E-state index contributed by atoms with van der Waals surface area (Å²) >= 11 is 3.87. The van der Waals surface area contributed by atoms with Crippen molar-refractivity contribution >= 4 is 69.1 Å². The fraction of sp³-hybridized carbons (Fsp3) is 0.368. The van der Waals surface area contributed by atoms with Gasteiger partial charge in [0.2, 0.25) is 5.91 Å². The van der Waals surface area contributed by atoms with Gasteiger partial charge in [0, 0.05) is 22.6 Å². The molecule has 2 amide bonds. The highest BCUT2D eigenvalue weighted by molar-refractivity contribution is 8.00. The molecule has 2 aliphatic heterocycles. The molecule has 4 N–H and O–H groups in total. The summed E-state index contributed by atoms with van der Waals surface area (Å²) in [7, 11) is 1.29. The van der Waals surface area contributed by atoms with E-state index in [0.29, 0.717) is 0 Å². The molecule has 2 aromatic rings. The molecule has 11 nitrogen and oxygen atoms in total. The van der Waals surface area contributed by atoms with Crippen molar-refractivity contribution in [1.82, 2.24) is 20.2 Å². The molecular formula is C19H20N6O5S3. The fourth-order valence-corrected chi connectivity index (χ4v) is 6.26. The zero-order valence-electron chi connectivity index (χ0n) is 17.5. The van der Waals surface area contributed by atoms with Crippen LogP contribution in [0.15, 0.2) is 22.1 Å². The molecule has 4 rings (SSSR count).